The first-order valence-electron chi connectivity index (χ1n) is 8.08. The summed E-state index contributed by atoms with van der Waals surface area (Å²) in [6.07, 6.45) is 0. The second kappa shape index (κ2) is 8.72. The van der Waals surface area contributed by atoms with Crippen LogP contribution in [0.1, 0.15) is 28.9 Å². The molecule has 1 N–H and O–H groups in total. The summed E-state index contributed by atoms with van der Waals surface area (Å²) in [6, 6.07) is 15.4. The molecule has 0 saturated carbocycles. The van der Waals surface area contributed by atoms with Gasteiger partial charge in [0.25, 0.3) is 0 Å². The highest BCUT2D eigenvalue weighted by atomic mass is 32.2. The van der Waals surface area contributed by atoms with Gasteiger partial charge < -0.3 is 10.1 Å². The van der Waals surface area contributed by atoms with Crippen molar-refractivity contribution in [3.8, 4) is 0 Å². The molecule has 0 bridgehead atoms. The molecule has 5 heteroatoms. The molecule has 0 aliphatic carbocycles. The molecule has 2 rings (SSSR count). The number of esters is 1. The standard InChI is InChI=1S/C20H23NO3S/c1-13-10-14(2)12-17(11-13)21-19(22)18(16-8-6-5-7-9-16)25-15(3)20(23)24-4/h5-12,15,18H,1-4H3,(H,21,22). The molecular formula is C20H23NO3S. The second-order valence-corrected chi connectivity index (χ2v) is 7.41. The Morgan fingerprint density at radius 3 is 2.20 bits per heavy atom. The van der Waals surface area contributed by atoms with Gasteiger partial charge in [0.1, 0.15) is 10.5 Å². The summed E-state index contributed by atoms with van der Waals surface area (Å²) < 4.78 is 4.79. The van der Waals surface area contributed by atoms with E-state index in [1.807, 2.05) is 56.3 Å². The predicted octanol–water partition coefficient (Wildman–Crippen LogP) is 4.28. The van der Waals surface area contributed by atoms with Gasteiger partial charge in [0.05, 0.1) is 7.11 Å². The van der Waals surface area contributed by atoms with Crippen molar-refractivity contribution in [1.82, 2.24) is 0 Å². The number of ether oxygens (including phenoxy) is 1. The van der Waals surface area contributed by atoms with Gasteiger partial charge in [-0.3, -0.25) is 9.59 Å². The van der Waals surface area contributed by atoms with Gasteiger partial charge in [-0.15, -0.1) is 11.8 Å². The van der Waals surface area contributed by atoms with E-state index < -0.39 is 10.5 Å². The molecule has 2 aromatic rings. The zero-order chi connectivity index (χ0) is 18.4. The minimum absolute atomic E-state index is 0.156. The number of aryl methyl sites for hydroxylation is 2. The number of amides is 1. The number of benzene rings is 2. The number of carbonyl (C=O) groups excluding carboxylic acids is 2. The van der Waals surface area contributed by atoms with E-state index >= 15 is 0 Å². The molecule has 0 saturated heterocycles. The topological polar surface area (TPSA) is 55.4 Å². The van der Waals surface area contributed by atoms with Gasteiger partial charge in [0.15, 0.2) is 0 Å². The number of thioether (sulfide) groups is 1. The number of carbonyl (C=O) groups is 2. The third-order valence-electron chi connectivity index (χ3n) is 3.70. The van der Waals surface area contributed by atoms with E-state index in [9.17, 15) is 9.59 Å². The first-order valence-corrected chi connectivity index (χ1v) is 9.02. The average Bonchev–Trinajstić information content (AvgIpc) is 2.58. The van der Waals surface area contributed by atoms with Gasteiger partial charge in [0.2, 0.25) is 5.91 Å². The normalized spacial score (nSPS) is 13.0. The molecule has 2 aromatic carbocycles. The van der Waals surface area contributed by atoms with E-state index in [0.29, 0.717) is 0 Å². The van der Waals surface area contributed by atoms with Crippen molar-refractivity contribution in [2.75, 3.05) is 12.4 Å². The van der Waals surface area contributed by atoms with E-state index in [1.54, 1.807) is 6.92 Å². The van der Waals surface area contributed by atoms with Crippen LogP contribution < -0.4 is 5.32 Å². The molecule has 1 amide bonds. The van der Waals surface area contributed by atoms with Crippen molar-refractivity contribution in [2.45, 2.75) is 31.3 Å². The third-order valence-corrected chi connectivity index (χ3v) is 5.06. The molecule has 4 nitrogen and oxygen atoms in total. The summed E-state index contributed by atoms with van der Waals surface area (Å²) >= 11 is 1.28. The summed E-state index contributed by atoms with van der Waals surface area (Å²) in [6.45, 7) is 5.73. The summed E-state index contributed by atoms with van der Waals surface area (Å²) in [5.41, 5.74) is 3.78. The first kappa shape index (κ1) is 19.1. The molecule has 2 atom stereocenters. The highest BCUT2D eigenvalue weighted by molar-refractivity contribution is 8.01. The predicted molar refractivity (Wildman–Crippen MR) is 103 cm³/mol. The second-order valence-electron chi connectivity index (χ2n) is 5.96. The number of hydrogen-bond acceptors (Lipinski definition) is 4. The minimum Gasteiger partial charge on any atom is -0.468 e. The fraction of sp³-hybridized carbons (Fsp3) is 0.300. The van der Waals surface area contributed by atoms with Crippen LogP contribution in [0.3, 0.4) is 0 Å². The van der Waals surface area contributed by atoms with Gasteiger partial charge in [-0.1, -0.05) is 36.4 Å². The van der Waals surface area contributed by atoms with Crippen LogP contribution in [0.4, 0.5) is 5.69 Å². The molecule has 0 fully saturated rings. The van der Waals surface area contributed by atoms with Crippen molar-refractivity contribution in [3.63, 3.8) is 0 Å². The van der Waals surface area contributed by atoms with Crippen molar-refractivity contribution >= 4 is 29.3 Å². The van der Waals surface area contributed by atoms with Crippen molar-refractivity contribution in [2.24, 2.45) is 0 Å². The largest absolute Gasteiger partial charge is 0.468 e. The summed E-state index contributed by atoms with van der Waals surface area (Å²) in [7, 11) is 1.35. The maximum Gasteiger partial charge on any atom is 0.318 e. The maximum absolute atomic E-state index is 12.9. The van der Waals surface area contributed by atoms with E-state index in [2.05, 4.69) is 11.4 Å². The molecule has 0 aromatic heterocycles. The van der Waals surface area contributed by atoms with Crippen LogP contribution in [0.2, 0.25) is 0 Å². The maximum atomic E-state index is 12.9. The molecule has 0 aliphatic rings. The zero-order valence-corrected chi connectivity index (χ0v) is 15.7. The monoisotopic (exact) mass is 357 g/mol. The lowest BCUT2D eigenvalue weighted by Gasteiger charge is -2.20. The molecule has 2 unspecified atom stereocenters. The van der Waals surface area contributed by atoms with Crippen LogP contribution >= 0.6 is 11.8 Å². The Labute approximate surface area is 153 Å². The lowest BCUT2D eigenvalue weighted by atomic mass is 10.1. The van der Waals surface area contributed by atoms with Crippen LogP contribution in [0.5, 0.6) is 0 Å². The van der Waals surface area contributed by atoms with Crippen LogP contribution in [0, 0.1) is 13.8 Å². The molecule has 0 radical (unpaired) electrons. The van der Waals surface area contributed by atoms with Gasteiger partial charge in [0, 0.05) is 5.69 Å². The number of nitrogens with one attached hydrogen (secondary N) is 1. The quantitative estimate of drug-likeness (QED) is 0.784. The highest BCUT2D eigenvalue weighted by Crippen LogP contribution is 2.34. The molecule has 0 aliphatic heterocycles. The molecular weight excluding hydrogens is 334 g/mol. The fourth-order valence-electron chi connectivity index (χ4n) is 2.60. The third kappa shape index (κ3) is 5.36. The van der Waals surface area contributed by atoms with Crippen LogP contribution in [-0.4, -0.2) is 24.2 Å². The van der Waals surface area contributed by atoms with E-state index in [0.717, 1.165) is 22.4 Å². The SMILES string of the molecule is COC(=O)C(C)SC(C(=O)Nc1cc(C)cc(C)c1)c1ccccc1. The number of anilines is 1. The van der Waals surface area contributed by atoms with E-state index in [4.69, 9.17) is 4.74 Å². The molecule has 0 spiro atoms. The van der Waals surface area contributed by atoms with Gasteiger partial charge in [-0.2, -0.15) is 0 Å². The van der Waals surface area contributed by atoms with E-state index in [1.165, 1.54) is 18.9 Å². The van der Waals surface area contributed by atoms with Crippen LogP contribution in [0.15, 0.2) is 48.5 Å². The highest BCUT2D eigenvalue weighted by Gasteiger charge is 2.27. The molecule has 132 valence electrons. The Hall–Kier alpha value is -2.27. The van der Waals surface area contributed by atoms with Crippen molar-refractivity contribution in [3.05, 3.63) is 65.2 Å². The Morgan fingerprint density at radius 1 is 1.04 bits per heavy atom. The number of methoxy groups -OCH3 is 1. The van der Waals surface area contributed by atoms with Gasteiger partial charge in [-0.25, -0.2) is 0 Å². The smallest absolute Gasteiger partial charge is 0.318 e. The van der Waals surface area contributed by atoms with Crippen LogP contribution in [0.25, 0.3) is 0 Å². The number of hydrogen-bond donors (Lipinski definition) is 1. The van der Waals surface area contributed by atoms with Gasteiger partial charge in [-0.05, 0) is 49.6 Å². The Bertz CT molecular complexity index is 726. The molecule has 0 heterocycles. The lowest BCUT2D eigenvalue weighted by molar-refractivity contribution is -0.139. The van der Waals surface area contributed by atoms with Crippen molar-refractivity contribution in [1.29, 1.82) is 0 Å². The number of rotatable bonds is 6. The zero-order valence-electron chi connectivity index (χ0n) is 14.9. The summed E-state index contributed by atoms with van der Waals surface area (Å²) in [4.78, 5) is 24.7. The van der Waals surface area contributed by atoms with Crippen LogP contribution in [-0.2, 0) is 14.3 Å². The summed E-state index contributed by atoms with van der Waals surface area (Å²) in [5, 5.41) is 2.02. The Balaban J connectivity index is 2.24. The van der Waals surface area contributed by atoms with Gasteiger partial charge >= 0.3 is 5.97 Å². The lowest BCUT2D eigenvalue weighted by Crippen LogP contribution is -2.24. The van der Waals surface area contributed by atoms with E-state index in [-0.39, 0.29) is 11.9 Å². The van der Waals surface area contributed by atoms with Crippen molar-refractivity contribution < 1.29 is 14.3 Å². The first-order chi connectivity index (χ1) is 11.9. The Morgan fingerprint density at radius 2 is 1.64 bits per heavy atom. The minimum atomic E-state index is -0.504. The average molecular weight is 357 g/mol. The summed E-state index contributed by atoms with van der Waals surface area (Å²) in [5.74, 6) is -0.498. The fourth-order valence-corrected chi connectivity index (χ4v) is 3.71. The molecule has 25 heavy (non-hydrogen) atoms. The Kier molecular flexibility index (Phi) is 6.65.